The van der Waals surface area contributed by atoms with Gasteiger partial charge in [0.2, 0.25) is 0 Å². The third-order valence-corrected chi connectivity index (χ3v) is 12.5. The molecule has 0 unspecified atom stereocenters. The van der Waals surface area contributed by atoms with Gasteiger partial charge in [0, 0.05) is 22.1 Å². The van der Waals surface area contributed by atoms with Crippen LogP contribution in [0.15, 0.2) is 127 Å². The van der Waals surface area contributed by atoms with Crippen molar-refractivity contribution in [3.8, 4) is 45.3 Å². The van der Waals surface area contributed by atoms with Gasteiger partial charge in [0.15, 0.2) is 17.5 Å². The number of benzene rings is 6. The summed E-state index contributed by atoms with van der Waals surface area (Å²) in [7, 11) is 0. The maximum Gasteiger partial charge on any atom is 0.164 e. The Morgan fingerprint density at radius 3 is 1.56 bits per heavy atom. The van der Waals surface area contributed by atoms with Gasteiger partial charge in [-0.3, -0.25) is 0 Å². The molecule has 0 N–H and O–H groups in total. The van der Waals surface area contributed by atoms with Crippen LogP contribution >= 0.6 is 0 Å². The molecule has 0 radical (unpaired) electrons. The maximum atomic E-state index is 5.27. The van der Waals surface area contributed by atoms with Crippen molar-refractivity contribution in [2.24, 2.45) is 23.7 Å². The van der Waals surface area contributed by atoms with Crippen molar-refractivity contribution >= 4 is 21.5 Å². The first-order valence-corrected chi connectivity index (χ1v) is 17.7. The number of nitrogens with zero attached hydrogens (tertiary/aromatic N) is 3. The van der Waals surface area contributed by atoms with Crippen LogP contribution in [0.4, 0.5) is 0 Å². The Labute approximate surface area is 280 Å². The van der Waals surface area contributed by atoms with Gasteiger partial charge >= 0.3 is 0 Å². The monoisotopic (exact) mass is 617 g/mol. The Kier molecular flexibility index (Phi) is 5.56. The van der Waals surface area contributed by atoms with E-state index in [2.05, 4.69) is 127 Å². The van der Waals surface area contributed by atoms with E-state index in [1.54, 1.807) is 11.1 Å². The molecule has 230 valence electrons. The summed E-state index contributed by atoms with van der Waals surface area (Å²) in [6.07, 6.45) is 7.02. The van der Waals surface area contributed by atoms with Gasteiger partial charge in [-0.1, -0.05) is 121 Å². The molecular weight excluding hydrogens is 583 g/mol. The second-order valence-electron chi connectivity index (χ2n) is 14.8. The van der Waals surface area contributed by atoms with Gasteiger partial charge in [-0.25, -0.2) is 15.0 Å². The van der Waals surface area contributed by atoms with E-state index in [-0.39, 0.29) is 5.41 Å². The van der Waals surface area contributed by atoms with Crippen LogP contribution in [-0.2, 0) is 5.41 Å². The molecule has 48 heavy (non-hydrogen) atoms. The van der Waals surface area contributed by atoms with Gasteiger partial charge in [-0.05, 0) is 106 Å². The summed E-state index contributed by atoms with van der Waals surface area (Å²) in [6, 6.07) is 46.3. The molecule has 3 nitrogen and oxygen atoms in total. The van der Waals surface area contributed by atoms with Crippen molar-refractivity contribution in [2.45, 2.75) is 37.5 Å². The number of rotatable bonds is 3. The molecule has 4 fully saturated rings. The molecule has 4 saturated carbocycles. The zero-order chi connectivity index (χ0) is 31.4. The van der Waals surface area contributed by atoms with Crippen molar-refractivity contribution in [3.63, 3.8) is 0 Å². The van der Waals surface area contributed by atoms with Gasteiger partial charge in [0.25, 0.3) is 0 Å². The SMILES string of the molecule is c1ccc2c(c1)-c1cc(-c3nc(-c4cccc5ccccc45)nc(-c4cccc5ccccc45)n3)ccc1C21C2CC3CC(C2)CC1C3. The lowest BCUT2D eigenvalue weighted by Gasteiger charge is -2.61. The van der Waals surface area contributed by atoms with Crippen molar-refractivity contribution in [2.75, 3.05) is 0 Å². The predicted molar refractivity (Wildman–Crippen MR) is 194 cm³/mol. The number of aromatic nitrogens is 3. The van der Waals surface area contributed by atoms with E-state index in [1.165, 1.54) is 54.0 Å². The summed E-state index contributed by atoms with van der Waals surface area (Å²) < 4.78 is 0. The molecule has 1 aromatic heterocycles. The molecule has 0 atom stereocenters. The van der Waals surface area contributed by atoms with Gasteiger partial charge in [0.05, 0.1) is 0 Å². The molecule has 3 heteroatoms. The normalized spacial score (nSPS) is 24.8. The lowest BCUT2D eigenvalue weighted by molar-refractivity contribution is -0.0399. The predicted octanol–water partition coefficient (Wildman–Crippen LogP) is 10.9. The zero-order valence-corrected chi connectivity index (χ0v) is 26.8. The molecule has 1 spiro atoms. The van der Waals surface area contributed by atoms with Gasteiger partial charge in [0.1, 0.15) is 0 Å². The second kappa shape index (κ2) is 9.93. The van der Waals surface area contributed by atoms with Crippen LogP contribution in [0.3, 0.4) is 0 Å². The summed E-state index contributed by atoms with van der Waals surface area (Å²) >= 11 is 0. The van der Waals surface area contributed by atoms with Crippen LogP contribution in [-0.4, -0.2) is 15.0 Å². The van der Waals surface area contributed by atoms with E-state index in [1.807, 2.05) is 0 Å². The van der Waals surface area contributed by atoms with Crippen molar-refractivity contribution in [1.82, 2.24) is 15.0 Å². The fraction of sp³-hybridized carbons (Fsp3) is 0.222. The van der Waals surface area contributed by atoms with Crippen LogP contribution in [0.2, 0.25) is 0 Å². The van der Waals surface area contributed by atoms with E-state index in [0.717, 1.165) is 57.0 Å². The molecular formula is C45H35N3. The lowest BCUT2D eigenvalue weighted by atomic mass is 9.43. The first-order valence-electron chi connectivity index (χ1n) is 17.7. The number of hydrogen-bond acceptors (Lipinski definition) is 3. The second-order valence-corrected chi connectivity index (χ2v) is 14.8. The highest BCUT2D eigenvalue weighted by Gasteiger charge is 2.61. The standard InChI is InChI=1S/C45H35N3/c1-3-13-34-29(9-1)11-7-16-37(34)43-46-42(47-44(48-43)38-17-8-12-30-10-2-4-14-35(30)38)31-19-20-41-39(26-31)36-15-5-6-18-40(36)45(41)32-22-27-21-28(24-32)25-33(45)23-27/h1-20,26-28,32-33H,21-25H2. The third-order valence-electron chi connectivity index (χ3n) is 12.5. The Hall–Kier alpha value is -5.15. The Morgan fingerprint density at radius 1 is 0.417 bits per heavy atom. The minimum absolute atomic E-state index is 0.152. The molecule has 5 aliphatic rings. The molecule has 0 saturated heterocycles. The molecule has 12 rings (SSSR count). The molecule has 1 heterocycles. The zero-order valence-electron chi connectivity index (χ0n) is 26.8. The highest BCUT2D eigenvalue weighted by Crippen LogP contribution is 2.69. The average molecular weight is 618 g/mol. The van der Waals surface area contributed by atoms with Gasteiger partial charge in [-0.2, -0.15) is 0 Å². The molecule has 0 amide bonds. The topological polar surface area (TPSA) is 38.7 Å². The van der Waals surface area contributed by atoms with Crippen molar-refractivity contribution in [1.29, 1.82) is 0 Å². The maximum absolute atomic E-state index is 5.27. The van der Waals surface area contributed by atoms with E-state index in [0.29, 0.717) is 11.6 Å². The van der Waals surface area contributed by atoms with E-state index >= 15 is 0 Å². The Balaban J connectivity index is 1.14. The first-order chi connectivity index (χ1) is 23.7. The molecule has 6 aromatic carbocycles. The average Bonchev–Trinajstić information content (AvgIpc) is 3.43. The van der Waals surface area contributed by atoms with E-state index < -0.39 is 0 Å². The summed E-state index contributed by atoms with van der Waals surface area (Å²) in [6.45, 7) is 0. The highest BCUT2D eigenvalue weighted by atomic mass is 15.0. The Bertz CT molecular complexity index is 2300. The minimum atomic E-state index is 0.152. The third kappa shape index (κ3) is 3.68. The summed E-state index contributed by atoms with van der Waals surface area (Å²) in [4.78, 5) is 15.7. The summed E-state index contributed by atoms with van der Waals surface area (Å²) in [5, 5.41) is 4.65. The van der Waals surface area contributed by atoms with Crippen LogP contribution in [0.5, 0.6) is 0 Å². The first kappa shape index (κ1) is 26.9. The van der Waals surface area contributed by atoms with Crippen molar-refractivity contribution in [3.05, 3.63) is 139 Å². The summed E-state index contributed by atoms with van der Waals surface area (Å²) in [5.41, 5.74) is 9.19. The molecule has 0 aliphatic heterocycles. The van der Waals surface area contributed by atoms with Crippen LogP contribution < -0.4 is 0 Å². The van der Waals surface area contributed by atoms with Crippen LogP contribution in [0.1, 0.15) is 43.2 Å². The van der Waals surface area contributed by atoms with E-state index in [4.69, 9.17) is 15.0 Å². The van der Waals surface area contributed by atoms with Gasteiger partial charge < -0.3 is 0 Å². The number of hydrogen-bond donors (Lipinski definition) is 0. The van der Waals surface area contributed by atoms with Crippen molar-refractivity contribution < 1.29 is 0 Å². The lowest BCUT2D eigenvalue weighted by Crippen LogP contribution is -2.55. The highest BCUT2D eigenvalue weighted by molar-refractivity contribution is 5.97. The fourth-order valence-electron chi connectivity index (χ4n) is 10.9. The summed E-state index contributed by atoms with van der Waals surface area (Å²) in [5.74, 6) is 5.49. The minimum Gasteiger partial charge on any atom is -0.208 e. The van der Waals surface area contributed by atoms with Crippen LogP contribution in [0, 0.1) is 23.7 Å². The smallest absolute Gasteiger partial charge is 0.164 e. The fourth-order valence-corrected chi connectivity index (χ4v) is 10.9. The van der Waals surface area contributed by atoms with Gasteiger partial charge in [-0.15, -0.1) is 0 Å². The largest absolute Gasteiger partial charge is 0.208 e. The number of fused-ring (bicyclic) bond motifs is 5. The molecule has 4 bridgehead atoms. The van der Waals surface area contributed by atoms with Crippen LogP contribution in [0.25, 0.3) is 66.8 Å². The Morgan fingerprint density at radius 2 is 0.917 bits per heavy atom. The molecule has 7 aromatic rings. The quantitative estimate of drug-likeness (QED) is 0.198. The molecule has 5 aliphatic carbocycles. The van der Waals surface area contributed by atoms with E-state index in [9.17, 15) is 0 Å².